The van der Waals surface area contributed by atoms with Gasteiger partial charge in [-0.15, -0.1) is 6.58 Å². The van der Waals surface area contributed by atoms with E-state index in [0.29, 0.717) is 59.9 Å². The van der Waals surface area contributed by atoms with Crippen LogP contribution >= 0.6 is 0 Å². The highest BCUT2D eigenvalue weighted by molar-refractivity contribution is 5.77. The summed E-state index contributed by atoms with van der Waals surface area (Å²) in [5.41, 5.74) is 0.767. The van der Waals surface area contributed by atoms with E-state index >= 15 is 0 Å². The molecular formula is C30H32N8O4. The Bertz CT molecular complexity index is 1700. The number of ether oxygens (including phenoxy) is 2. The zero-order valence-electron chi connectivity index (χ0n) is 23.8. The van der Waals surface area contributed by atoms with E-state index in [2.05, 4.69) is 27.9 Å². The van der Waals surface area contributed by atoms with Crippen LogP contribution in [0.2, 0.25) is 0 Å². The van der Waals surface area contributed by atoms with E-state index in [-0.39, 0.29) is 30.2 Å². The fourth-order valence-electron chi connectivity index (χ4n) is 4.61. The highest BCUT2D eigenvalue weighted by Gasteiger charge is 2.28. The molecule has 0 bridgehead atoms. The van der Waals surface area contributed by atoms with Gasteiger partial charge in [-0.3, -0.25) is 4.79 Å². The lowest BCUT2D eigenvalue weighted by molar-refractivity contribution is 0.0123. The molecule has 1 aromatic carbocycles. The van der Waals surface area contributed by atoms with Crippen LogP contribution in [0.5, 0.6) is 5.88 Å². The van der Waals surface area contributed by atoms with E-state index in [1.807, 2.05) is 20.8 Å². The second-order valence-corrected chi connectivity index (χ2v) is 10.9. The molecule has 0 saturated carbocycles. The summed E-state index contributed by atoms with van der Waals surface area (Å²) in [6.07, 6.45) is 3.92. The first-order valence-corrected chi connectivity index (χ1v) is 13.6. The minimum absolute atomic E-state index is 0.131. The van der Waals surface area contributed by atoms with E-state index in [9.17, 15) is 9.59 Å². The molecule has 1 N–H and O–H groups in total. The third kappa shape index (κ3) is 6.25. The molecule has 0 unspecified atom stereocenters. The van der Waals surface area contributed by atoms with Crippen molar-refractivity contribution < 1.29 is 14.3 Å². The third-order valence-electron chi connectivity index (χ3n) is 6.55. The maximum Gasteiger partial charge on any atom is 0.410 e. The summed E-state index contributed by atoms with van der Waals surface area (Å²) in [6.45, 7) is 10.6. The predicted molar refractivity (Wildman–Crippen MR) is 157 cm³/mol. The number of nitrogens with zero attached hydrogens (tertiary/aromatic N) is 7. The fraction of sp³-hybridized carbons (Fsp3) is 0.333. The van der Waals surface area contributed by atoms with Gasteiger partial charge in [0.05, 0.1) is 18.2 Å². The first kappa shape index (κ1) is 28.4. The molecule has 0 spiro atoms. The third-order valence-corrected chi connectivity index (χ3v) is 6.55. The largest absolute Gasteiger partial charge is 0.474 e. The van der Waals surface area contributed by atoms with Crippen molar-refractivity contribution in [2.24, 2.45) is 0 Å². The number of piperidine rings is 1. The summed E-state index contributed by atoms with van der Waals surface area (Å²) < 4.78 is 14.8. The summed E-state index contributed by atoms with van der Waals surface area (Å²) >= 11 is 0. The normalized spacial score (nSPS) is 13.9. The number of likely N-dealkylation sites (tertiary alicyclic amines) is 1. The smallest absolute Gasteiger partial charge is 0.410 e. The molecule has 42 heavy (non-hydrogen) atoms. The molecule has 3 aromatic heterocycles. The number of carbonyl (C=O) groups is 1. The summed E-state index contributed by atoms with van der Waals surface area (Å²) in [4.78, 5) is 41.1. The summed E-state index contributed by atoms with van der Waals surface area (Å²) in [5, 5.41) is 12.5. The van der Waals surface area contributed by atoms with Crippen LogP contribution in [0.3, 0.4) is 0 Å². The quantitative estimate of drug-likeness (QED) is 0.318. The number of carbonyl (C=O) groups excluding carboxylic acids is 1. The second kappa shape index (κ2) is 11.7. The van der Waals surface area contributed by atoms with Crippen molar-refractivity contribution >= 4 is 28.8 Å². The average Bonchev–Trinajstić information content (AvgIpc) is 3.23. The number of rotatable bonds is 7. The van der Waals surface area contributed by atoms with Gasteiger partial charge < -0.3 is 19.7 Å². The van der Waals surface area contributed by atoms with Crippen molar-refractivity contribution in [2.75, 3.05) is 18.4 Å². The van der Waals surface area contributed by atoms with Gasteiger partial charge in [-0.05, 0) is 51.1 Å². The molecule has 216 valence electrons. The Kier molecular flexibility index (Phi) is 7.93. The lowest BCUT2D eigenvalue weighted by Gasteiger charge is -2.33. The number of hydrogen-bond donors (Lipinski definition) is 1. The minimum Gasteiger partial charge on any atom is -0.474 e. The van der Waals surface area contributed by atoms with Gasteiger partial charge in [0.25, 0.3) is 5.56 Å². The summed E-state index contributed by atoms with van der Waals surface area (Å²) in [7, 11) is 0. The SMILES string of the molecule is C=CCn1c(=O)c2cnc(Nc3ccc(C#N)cc3)nc2n1-c1cccc(OC2CCN(C(=O)OC(C)(C)C)CC2)n1. The van der Waals surface area contributed by atoms with Crippen LogP contribution in [-0.4, -0.2) is 60.1 Å². The predicted octanol–water partition coefficient (Wildman–Crippen LogP) is 4.56. The van der Waals surface area contributed by atoms with E-state index in [0.717, 1.165) is 0 Å². The first-order chi connectivity index (χ1) is 20.1. The average molecular weight is 569 g/mol. The van der Waals surface area contributed by atoms with Gasteiger partial charge >= 0.3 is 6.09 Å². The minimum atomic E-state index is -0.546. The number of pyridine rings is 1. The molecule has 1 saturated heterocycles. The summed E-state index contributed by atoms with van der Waals surface area (Å²) in [6, 6.07) is 14.3. The van der Waals surface area contributed by atoms with Gasteiger partial charge in [0, 0.05) is 43.9 Å². The van der Waals surface area contributed by atoms with Crippen molar-refractivity contribution in [3.05, 3.63) is 77.2 Å². The van der Waals surface area contributed by atoms with Crippen molar-refractivity contribution in [1.29, 1.82) is 5.26 Å². The Hall–Kier alpha value is -5.18. The highest BCUT2D eigenvalue weighted by Crippen LogP contribution is 2.23. The van der Waals surface area contributed by atoms with Crippen LogP contribution in [0.1, 0.15) is 39.2 Å². The molecule has 4 heterocycles. The first-order valence-electron chi connectivity index (χ1n) is 13.6. The Morgan fingerprint density at radius 3 is 2.57 bits per heavy atom. The number of anilines is 2. The Labute approximate surface area is 242 Å². The lowest BCUT2D eigenvalue weighted by Crippen LogP contribution is -2.44. The Morgan fingerprint density at radius 1 is 1.17 bits per heavy atom. The molecule has 1 amide bonds. The highest BCUT2D eigenvalue weighted by atomic mass is 16.6. The van der Waals surface area contributed by atoms with Crippen LogP contribution in [0, 0.1) is 11.3 Å². The molecule has 1 fully saturated rings. The van der Waals surface area contributed by atoms with Crippen molar-refractivity contribution in [2.45, 2.75) is 51.9 Å². The molecule has 1 aliphatic heterocycles. The van der Waals surface area contributed by atoms with Gasteiger partial charge in [-0.25, -0.2) is 19.1 Å². The molecule has 5 rings (SSSR count). The van der Waals surface area contributed by atoms with E-state index in [1.165, 1.54) is 10.9 Å². The van der Waals surface area contributed by atoms with E-state index in [1.54, 1.807) is 58.1 Å². The Balaban J connectivity index is 1.39. The zero-order valence-corrected chi connectivity index (χ0v) is 23.8. The number of benzene rings is 1. The molecule has 1 aliphatic rings. The van der Waals surface area contributed by atoms with Crippen LogP contribution in [0.25, 0.3) is 16.9 Å². The topological polar surface area (TPSA) is 140 Å². The van der Waals surface area contributed by atoms with Crippen molar-refractivity contribution in [3.8, 4) is 17.8 Å². The fourth-order valence-corrected chi connectivity index (χ4v) is 4.61. The van der Waals surface area contributed by atoms with Crippen LogP contribution in [-0.2, 0) is 11.3 Å². The molecule has 0 atom stereocenters. The molecule has 12 heteroatoms. The van der Waals surface area contributed by atoms with Crippen LogP contribution in [0.15, 0.2) is 66.1 Å². The maximum absolute atomic E-state index is 13.3. The molecule has 0 aliphatic carbocycles. The van der Waals surface area contributed by atoms with Crippen LogP contribution < -0.4 is 15.6 Å². The number of fused-ring (bicyclic) bond motifs is 1. The molecule has 4 aromatic rings. The van der Waals surface area contributed by atoms with E-state index < -0.39 is 5.60 Å². The zero-order chi connectivity index (χ0) is 29.9. The number of aromatic nitrogens is 5. The number of amides is 1. The van der Waals surface area contributed by atoms with Gasteiger partial charge in [0.1, 0.15) is 17.1 Å². The van der Waals surface area contributed by atoms with Crippen molar-refractivity contribution in [1.82, 2.24) is 29.2 Å². The summed E-state index contributed by atoms with van der Waals surface area (Å²) in [5.74, 6) is 1.11. The molecular weight excluding hydrogens is 536 g/mol. The second-order valence-electron chi connectivity index (χ2n) is 10.9. The van der Waals surface area contributed by atoms with Gasteiger partial charge in [0.15, 0.2) is 11.5 Å². The standard InChI is InChI=1S/C30H32N8O4/c1-5-15-37-27(39)23-19-32-28(33-21-11-9-20(18-31)10-12-21)35-26(23)38(37)24-7-6-8-25(34-24)41-22-13-16-36(17-14-22)29(40)42-30(2,3)4/h5-12,19,22H,1,13-17H2,2-4H3,(H,32,33,35). The number of nitrogens with one attached hydrogen (secondary N) is 1. The Morgan fingerprint density at radius 2 is 1.90 bits per heavy atom. The van der Waals surface area contributed by atoms with Gasteiger partial charge in [0.2, 0.25) is 11.8 Å². The number of nitriles is 1. The van der Waals surface area contributed by atoms with Gasteiger partial charge in [-0.1, -0.05) is 12.1 Å². The van der Waals surface area contributed by atoms with Gasteiger partial charge in [-0.2, -0.15) is 15.2 Å². The maximum atomic E-state index is 13.3. The molecule has 12 nitrogen and oxygen atoms in total. The number of hydrogen-bond acceptors (Lipinski definition) is 9. The van der Waals surface area contributed by atoms with E-state index in [4.69, 9.17) is 19.7 Å². The monoisotopic (exact) mass is 568 g/mol. The van der Waals surface area contributed by atoms with Crippen molar-refractivity contribution in [3.63, 3.8) is 0 Å². The van der Waals surface area contributed by atoms with Crippen LogP contribution in [0.4, 0.5) is 16.4 Å². The lowest BCUT2D eigenvalue weighted by atomic mass is 10.1. The molecule has 0 radical (unpaired) electrons. The number of allylic oxidation sites excluding steroid dienone is 1.